The molecule has 0 spiro atoms. The van der Waals surface area contributed by atoms with E-state index >= 15 is 0 Å². The number of carbonyl (C=O) groups excluding carboxylic acids is 1. The average Bonchev–Trinajstić information content (AvgIpc) is 3.03. The van der Waals surface area contributed by atoms with Gasteiger partial charge in [-0.05, 0) is 37.6 Å². The molecule has 0 saturated heterocycles. The molecule has 1 amide bonds. The van der Waals surface area contributed by atoms with Gasteiger partial charge < -0.3 is 14.6 Å². The summed E-state index contributed by atoms with van der Waals surface area (Å²) in [7, 11) is 0. The van der Waals surface area contributed by atoms with Gasteiger partial charge in [0.2, 0.25) is 0 Å². The third kappa shape index (κ3) is 4.64. The van der Waals surface area contributed by atoms with Crippen LogP contribution in [0.4, 0.5) is 5.82 Å². The van der Waals surface area contributed by atoms with Crippen molar-refractivity contribution >= 4 is 23.3 Å². The van der Waals surface area contributed by atoms with Gasteiger partial charge in [-0.1, -0.05) is 47.1 Å². The van der Waals surface area contributed by atoms with Crippen LogP contribution in [-0.2, 0) is 11.2 Å². The molecule has 6 heteroatoms. The van der Waals surface area contributed by atoms with Crippen LogP contribution in [0.3, 0.4) is 0 Å². The predicted octanol–water partition coefficient (Wildman–Crippen LogP) is 4.63. The van der Waals surface area contributed by atoms with Gasteiger partial charge in [0.05, 0.1) is 0 Å². The molecule has 0 saturated carbocycles. The number of amides is 1. The van der Waals surface area contributed by atoms with Crippen molar-refractivity contribution in [1.29, 1.82) is 0 Å². The van der Waals surface area contributed by atoms with E-state index in [0.717, 1.165) is 11.1 Å². The number of hydrogen-bond donors (Lipinski definition) is 1. The third-order valence-corrected chi connectivity index (χ3v) is 4.05. The van der Waals surface area contributed by atoms with Crippen molar-refractivity contribution < 1.29 is 14.1 Å². The number of nitrogens with one attached hydrogen (secondary N) is 1. The summed E-state index contributed by atoms with van der Waals surface area (Å²) in [6.07, 6.45) is -0.0456. The molecule has 2 aromatic carbocycles. The molecule has 1 heterocycles. The van der Waals surface area contributed by atoms with Crippen LogP contribution in [0.25, 0.3) is 0 Å². The number of nitrogens with zero attached hydrogens (tertiary/aromatic N) is 1. The molecule has 0 aliphatic rings. The van der Waals surface area contributed by atoms with Gasteiger partial charge in [-0.25, -0.2) is 0 Å². The molecule has 1 N–H and O–H groups in total. The third-order valence-electron chi connectivity index (χ3n) is 3.81. The number of halogens is 1. The summed E-state index contributed by atoms with van der Waals surface area (Å²) in [5.74, 6) is 1.30. The Kier molecular flexibility index (Phi) is 5.58. The van der Waals surface area contributed by atoms with E-state index in [0.29, 0.717) is 28.8 Å². The van der Waals surface area contributed by atoms with Gasteiger partial charge in [0.25, 0.3) is 5.91 Å². The van der Waals surface area contributed by atoms with Gasteiger partial charge in [-0.15, -0.1) is 0 Å². The highest BCUT2D eigenvalue weighted by Crippen LogP contribution is 2.26. The van der Waals surface area contributed by atoms with E-state index in [1.54, 1.807) is 32.0 Å². The van der Waals surface area contributed by atoms with Crippen LogP contribution in [0.1, 0.15) is 23.8 Å². The van der Waals surface area contributed by atoms with Gasteiger partial charge in [0, 0.05) is 23.1 Å². The lowest BCUT2D eigenvalue weighted by molar-refractivity contribution is -0.122. The number of aryl methyl sites for hydroxylation is 1. The molecule has 0 bridgehead atoms. The lowest BCUT2D eigenvalue weighted by atomic mass is 10.0. The first-order valence-electron chi connectivity index (χ1n) is 8.24. The van der Waals surface area contributed by atoms with Crippen molar-refractivity contribution in [2.45, 2.75) is 26.4 Å². The first-order valence-corrected chi connectivity index (χ1v) is 8.62. The molecule has 0 radical (unpaired) electrons. The minimum atomic E-state index is -0.706. The summed E-state index contributed by atoms with van der Waals surface area (Å²) < 4.78 is 10.8. The zero-order valence-electron chi connectivity index (χ0n) is 14.5. The molecule has 1 atom stereocenters. The zero-order valence-corrected chi connectivity index (χ0v) is 15.3. The van der Waals surface area contributed by atoms with E-state index in [9.17, 15) is 4.79 Å². The van der Waals surface area contributed by atoms with Crippen LogP contribution >= 0.6 is 11.6 Å². The van der Waals surface area contributed by atoms with Crippen LogP contribution in [0, 0.1) is 6.92 Å². The Balaban J connectivity index is 1.73. The standard InChI is InChI=1S/C20H19ClN2O3/c1-13-10-19(23-26-13)22-20(24)14(2)25-18-9-8-17(21)12-16(18)11-15-6-4-3-5-7-15/h3-10,12,14H,11H2,1-2H3,(H,22,23,24). The first-order chi connectivity index (χ1) is 12.5. The zero-order chi connectivity index (χ0) is 18.5. The fourth-order valence-corrected chi connectivity index (χ4v) is 2.71. The van der Waals surface area contributed by atoms with E-state index in [4.69, 9.17) is 20.9 Å². The number of ether oxygens (including phenoxy) is 1. The summed E-state index contributed by atoms with van der Waals surface area (Å²) in [4.78, 5) is 12.3. The Hall–Kier alpha value is -2.79. The summed E-state index contributed by atoms with van der Waals surface area (Å²) in [5, 5.41) is 7.04. The van der Waals surface area contributed by atoms with E-state index < -0.39 is 6.10 Å². The quantitative estimate of drug-likeness (QED) is 0.686. The largest absolute Gasteiger partial charge is 0.481 e. The fourth-order valence-electron chi connectivity index (χ4n) is 2.51. The minimum Gasteiger partial charge on any atom is -0.481 e. The van der Waals surface area contributed by atoms with E-state index in [1.165, 1.54) is 0 Å². The molecular formula is C20H19ClN2O3. The molecule has 5 nitrogen and oxygen atoms in total. The number of rotatable bonds is 6. The Morgan fingerprint density at radius 3 is 2.69 bits per heavy atom. The predicted molar refractivity (Wildman–Crippen MR) is 101 cm³/mol. The van der Waals surface area contributed by atoms with Gasteiger partial charge in [0.1, 0.15) is 11.5 Å². The van der Waals surface area contributed by atoms with Gasteiger partial charge in [0.15, 0.2) is 11.9 Å². The Labute approximate surface area is 156 Å². The second-order valence-corrected chi connectivity index (χ2v) is 6.42. The van der Waals surface area contributed by atoms with Crippen LogP contribution in [-0.4, -0.2) is 17.2 Å². The maximum Gasteiger partial charge on any atom is 0.266 e. The number of aromatic nitrogens is 1. The summed E-state index contributed by atoms with van der Waals surface area (Å²) in [6.45, 7) is 3.44. The molecule has 0 aliphatic carbocycles. The van der Waals surface area contributed by atoms with Crippen LogP contribution in [0.15, 0.2) is 59.1 Å². The highest BCUT2D eigenvalue weighted by atomic mass is 35.5. The van der Waals surface area contributed by atoms with Crippen molar-refractivity contribution in [2.24, 2.45) is 0 Å². The maximum atomic E-state index is 12.3. The number of carbonyl (C=O) groups is 1. The van der Waals surface area contributed by atoms with Crippen molar-refractivity contribution in [2.75, 3.05) is 5.32 Å². The lowest BCUT2D eigenvalue weighted by Gasteiger charge is -2.17. The Morgan fingerprint density at radius 2 is 2.00 bits per heavy atom. The topological polar surface area (TPSA) is 64.4 Å². The summed E-state index contributed by atoms with van der Waals surface area (Å²) in [5.41, 5.74) is 2.05. The Bertz CT molecular complexity index is 893. The average molecular weight is 371 g/mol. The summed E-state index contributed by atoms with van der Waals surface area (Å²) >= 11 is 6.14. The minimum absolute atomic E-state index is 0.307. The van der Waals surface area contributed by atoms with Crippen molar-refractivity contribution in [3.05, 3.63) is 76.5 Å². The second-order valence-electron chi connectivity index (χ2n) is 5.99. The van der Waals surface area contributed by atoms with E-state index in [1.807, 2.05) is 36.4 Å². The molecule has 0 aliphatic heterocycles. The van der Waals surface area contributed by atoms with Gasteiger partial charge >= 0.3 is 0 Å². The number of anilines is 1. The van der Waals surface area contributed by atoms with E-state index in [2.05, 4.69) is 10.5 Å². The Morgan fingerprint density at radius 1 is 1.23 bits per heavy atom. The number of hydrogen-bond acceptors (Lipinski definition) is 4. The molecule has 3 aromatic rings. The van der Waals surface area contributed by atoms with Crippen molar-refractivity contribution in [3.8, 4) is 5.75 Å². The highest BCUT2D eigenvalue weighted by Gasteiger charge is 2.18. The molecule has 1 unspecified atom stereocenters. The molecule has 3 rings (SSSR count). The van der Waals surface area contributed by atoms with Crippen LogP contribution in [0.5, 0.6) is 5.75 Å². The fraction of sp³-hybridized carbons (Fsp3) is 0.200. The molecular weight excluding hydrogens is 352 g/mol. The smallest absolute Gasteiger partial charge is 0.266 e. The van der Waals surface area contributed by atoms with Crippen LogP contribution in [0.2, 0.25) is 5.02 Å². The lowest BCUT2D eigenvalue weighted by Crippen LogP contribution is -2.30. The van der Waals surface area contributed by atoms with Crippen molar-refractivity contribution in [1.82, 2.24) is 5.16 Å². The van der Waals surface area contributed by atoms with Crippen LogP contribution < -0.4 is 10.1 Å². The van der Waals surface area contributed by atoms with E-state index in [-0.39, 0.29) is 5.91 Å². The van der Waals surface area contributed by atoms with Gasteiger partial charge in [-0.2, -0.15) is 0 Å². The van der Waals surface area contributed by atoms with Gasteiger partial charge in [-0.3, -0.25) is 4.79 Å². The highest BCUT2D eigenvalue weighted by molar-refractivity contribution is 6.30. The summed E-state index contributed by atoms with van der Waals surface area (Å²) in [6, 6.07) is 17.0. The first kappa shape index (κ1) is 18.0. The monoisotopic (exact) mass is 370 g/mol. The maximum absolute atomic E-state index is 12.3. The normalized spacial score (nSPS) is 11.8. The second kappa shape index (κ2) is 8.06. The SMILES string of the molecule is Cc1cc(NC(=O)C(C)Oc2ccc(Cl)cc2Cc2ccccc2)no1. The molecule has 1 aromatic heterocycles. The molecule has 134 valence electrons. The van der Waals surface area contributed by atoms with Crippen molar-refractivity contribution in [3.63, 3.8) is 0 Å². The molecule has 0 fully saturated rings. The molecule has 26 heavy (non-hydrogen) atoms. The number of benzene rings is 2.